The molecule has 1 amide bonds. The normalized spacial score (nSPS) is 12.9. The third-order valence-electron chi connectivity index (χ3n) is 10.5. The van der Waals surface area contributed by atoms with Crippen molar-refractivity contribution in [3.8, 4) is 0 Å². The van der Waals surface area contributed by atoms with Gasteiger partial charge in [-0.2, -0.15) is 0 Å². The summed E-state index contributed by atoms with van der Waals surface area (Å²) in [7, 11) is 0. The first-order valence-electron chi connectivity index (χ1n) is 23.1. The molecule has 2 unspecified atom stereocenters. The maximum atomic E-state index is 12.4. The SMILES string of the molecule is CCCCC/C=C\CCCCCCCC(=O)OCCCCCCCCCCCC(=O)NC(CO)C(O)/C=C/CCCCCCCCCCCCCCC. The van der Waals surface area contributed by atoms with Crippen molar-refractivity contribution in [2.24, 2.45) is 0 Å². The minimum Gasteiger partial charge on any atom is -0.466 e. The topological polar surface area (TPSA) is 95.9 Å². The molecule has 0 aliphatic carbocycles. The maximum absolute atomic E-state index is 12.4. The Morgan fingerprint density at radius 2 is 0.887 bits per heavy atom. The Balaban J connectivity index is 3.56. The highest BCUT2D eigenvalue weighted by atomic mass is 16.5. The zero-order valence-electron chi connectivity index (χ0n) is 35.2. The van der Waals surface area contributed by atoms with Gasteiger partial charge in [-0.3, -0.25) is 9.59 Å². The van der Waals surface area contributed by atoms with Gasteiger partial charge in [0.15, 0.2) is 0 Å². The van der Waals surface area contributed by atoms with E-state index < -0.39 is 12.1 Å². The first kappa shape index (κ1) is 51.3. The number of rotatable bonds is 42. The fourth-order valence-electron chi connectivity index (χ4n) is 6.86. The van der Waals surface area contributed by atoms with E-state index in [9.17, 15) is 19.8 Å². The summed E-state index contributed by atoms with van der Waals surface area (Å²) in [5.74, 6) is -0.135. The van der Waals surface area contributed by atoms with Gasteiger partial charge in [0, 0.05) is 12.8 Å². The van der Waals surface area contributed by atoms with Crippen molar-refractivity contribution in [2.45, 2.75) is 251 Å². The van der Waals surface area contributed by atoms with Crippen LogP contribution in [-0.4, -0.2) is 47.4 Å². The maximum Gasteiger partial charge on any atom is 0.305 e. The quantitative estimate of drug-likeness (QED) is 0.0328. The van der Waals surface area contributed by atoms with E-state index in [0.29, 0.717) is 19.4 Å². The first-order valence-corrected chi connectivity index (χ1v) is 23.1. The van der Waals surface area contributed by atoms with E-state index in [4.69, 9.17) is 4.74 Å². The Morgan fingerprint density at radius 1 is 0.509 bits per heavy atom. The second kappa shape index (κ2) is 43.1. The second-order valence-corrected chi connectivity index (χ2v) is 15.7. The minimum atomic E-state index is -0.861. The number of hydrogen-bond donors (Lipinski definition) is 3. The Labute approximate surface area is 329 Å². The van der Waals surface area contributed by atoms with Crippen LogP contribution in [-0.2, 0) is 14.3 Å². The molecule has 3 N–H and O–H groups in total. The van der Waals surface area contributed by atoms with Crippen LogP contribution in [0.1, 0.15) is 239 Å². The van der Waals surface area contributed by atoms with E-state index in [1.54, 1.807) is 6.08 Å². The number of hydrogen-bond acceptors (Lipinski definition) is 5. The lowest BCUT2D eigenvalue weighted by Gasteiger charge is -2.20. The summed E-state index contributed by atoms with van der Waals surface area (Å²) in [6, 6.07) is -0.647. The zero-order valence-corrected chi connectivity index (χ0v) is 35.2. The third-order valence-corrected chi connectivity index (χ3v) is 10.5. The molecule has 0 spiro atoms. The number of allylic oxidation sites excluding steroid dienone is 3. The number of esters is 1. The molecular weight excluding hydrogens is 659 g/mol. The molecule has 6 nitrogen and oxygen atoms in total. The molecule has 0 fully saturated rings. The molecule has 0 saturated carbocycles. The van der Waals surface area contributed by atoms with E-state index in [1.807, 2.05) is 6.08 Å². The van der Waals surface area contributed by atoms with Gasteiger partial charge in [0.1, 0.15) is 0 Å². The molecule has 0 aromatic rings. The minimum absolute atomic E-state index is 0.0380. The molecule has 0 radical (unpaired) electrons. The molecule has 0 heterocycles. The van der Waals surface area contributed by atoms with Gasteiger partial charge in [0.25, 0.3) is 0 Å². The lowest BCUT2D eigenvalue weighted by atomic mass is 10.0. The highest BCUT2D eigenvalue weighted by molar-refractivity contribution is 5.76. The smallest absolute Gasteiger partial charge is 0.305 e. The number of carbonyl (C=O) groups is 2. The molecular formula is C47H89NO5. The van der Waals surface area contributed by atoms with Crippen LogP contribution in [0.3, 0.4) is 0 Å². The van der Waals surface area contributed by atoms with E-state index >= 15 is 0 Å². The molecule has 0 bridgehead atoms. The van der Waals surface area contributed by atoms with Gasteiger partial charge in [-0.1, -0.05) is 192 Å². The number of carbonyl (C=O) groups excluding carboxylic acids is 2. The van der Waals surface area contributed by atoms with E-state index in [0.717, 1.165) is 57.8 Å². The summed E-state index contributed by atoms with van der Waals surface area (Å²) >= 11 is 0. The lowest BCUT2D eigenvalue weighted by Crippen LogP contribution is -2.45. The Kier molecular flexibility index (Phi) is 41.7. The third kappa shape index (κ3) is 39.8. The largest absolute Gasteiger partial charge is 0.466 e. The summed E-state index contributed by atoms with van der Waals surface area (Å²) in [4.78, 5) is 24.4. The van der Waals surface area contributed by atoms with Crippen LogP contribution in [0.2, 0.25) is 0 Å². The van der Waals surface area contributed by atoms with Gasteiger partial charge in [-0.25, -0.2) is 0 Å². The van der Waals surface area contributed by atoms with Crippen molar-refractivity contribution in [3.05, 3.63) is 24.3 Å². The number of amides is 1. The van der Waals surface area contributed by atoms with Gasteiger partial charge in [0.05, 0.1) is 25.4 Å². The van der Waals surface area contributed by atoms with Gasteiger partial charge in [-0.05, 0) is 57.8 Å². The molecule has 0 aliphatic heterocycles. The van der Waals surface area contributed by atoms with Gasteiger partial charge in [0.2, 0.25) is 5.91 Å². The predicted molar refractivity (Wildman–Crippen MR) is 227 cm³/mol. The monoisotopic (exact) mass is 748 g/mol. The van der Waals surface area contributed by atoms with Gasteiger partial charge in [-0.15, -0.1) is 0 Å². The predicted octanol–water partition coefficient (Wildman–Crippen LogP) is 13.2. The number of aliphatic hydroxyl groups is 2. The van der Waals surface area contributed by atoms with E-state index in [1.165, 1.54) is 154 Å². The molecule has 0 aliphatic rings. The summed E-state index contributed by atoms with van der Waals surface area (Å²) in [6.45, 7) is 4.80. The molecule has 53 heavy (non-hydrogen) atoms. The summed E-state index contributed by atoms with van der Waals surface area (Å²) in [5, 5.41) is 23.0. The molecule has 0 saturated heterocycles. The summed E-state index contributed by atoms with van der Waals surface area (Å²) in [5.41, 5.74) is 0. The number of nitrogens with one attached hydrogen (secondary N) is 1. The highest BCUT2D eigenvalue weighted by Gasteiger charge is 2.18. The molecule has 0 aromatic carbocycles. The molecule has 6 heteroatoms. The van der Waals surface area contributed by atoms with Crippen molar-refractivity contribution in [3.63, 3.8) is 0 Å². The number of unbranched alkanes of at least 4 members (excludes halogenated alkanes) is 29. The van der Waals surface area contributed by atoms with Crippen molar-refractivity contribution >= 4 is 11.9 Å². The molecule has 0 rings (SSSR count). The average Bonchev–Trinajstić information content (AvgIpc) is 3.16. The van der Waals surface area contributed by atoms with Crippen LogP contribution in [0.4, 0.5) is 0 Å². The van der Waals surface area contributed by atoms with Crippen LogP contribution in [0, 0.1) is 0 Å². The number of aliphatic hydroxyl groups excluding tert-OH is 2. The molecule has 2 atom stereocenters. The van der Waals surface area contributed by atoms with Crippen molar-refractivity contribution in [1.82, 2.24) is 5.32 Å². The van der Waals surface area contributed by atoms with Crippen molar-refractivity contribution in [2.75, 3.05) is 13.2 Å². The Hall–Kier alpha value is -1.66. The van der Waals surface area contributed by atoms with Crippen LogP contribution in [0.15, 0.2) is 24.3 Å². The highest BCUT2D eigenvalue weighted by Crippen LogP contribution is 2.15. The standard InChI is InChI=1S/C47H89NO5/c1-3-5-7-9-11-13-15-17-18-19-20-23-27-31-35-39-45(50)44(43-49)48-46(51)40-36-32-28-24-22-26-30-34-38-42-53-47(52)41-37-33-29-25-21-16-14-12-10-8-6-4-2/h12,14,35,39,44-45,49-50H,3-11,13,15-34,36-38,40-43H2,1-2H3,(H,48,51)/b14-12-,39-35+. The van der Waals surface area contributed by atoms with Crippen LogP contribution in [0.5, 0.6) is 0 Å². The van der Waals surface area contributed by atoms with Crippen molar-refractivity contribution < 1.29 is 24.5 Å². The van der Waals surface area contributed by atoms with Gasteiger partial charge >= 0.3 is 5.97 Å². The van der Waals surface area contributed by atoms with Crippen LogP contribution in [0.25, 0.3) is 0 Å². The molecule has 312 valence electrons. The zero-order chi connectivity index (χ0) is 38.7. The van der Waals surface area contributed by atoms with E-state index in [2.05, 4.69) is 31.3 Å². The fourth-order valence-corrected chi connectivity index (χ4v) is 6.86. The molecule has 0 aromatic heterocycles. The van der Waals surface area contributed by atoms with E-state index in [-0.39, 0.29) is 18.5 Å². The van der Waals surface area contributed by atoms with Crippen LogP contribution >= 0.6 is 0 Å². The van der Waals surface area contributed by atoms with Gasteiger partial charge < -0.3 is 20.3 Å². The lowest BCUT2D eigenvalue weighted by molar-refractivity contribution is -0.143. The first-order chi connectivity index (χ1) is 26.0. The summed E-state index contributed by atoms with van der Waals surface area (Å²) < 4.78 is 5.42. The fraction of sp³-hybridized carbons (Fsp3) is 0.872. The number of ether oxygens (including phenoxy) is 1. The average molecular weight is 748 g/mol. The van der Waals surface area contributed by atoms with Crippen molar-refractivity contribution in [1.29, 1.82) is 0 Å². The second-order valence-electron chi connectivity index (χ2n) is 15.7. The summed E-state index contributed by atoms with van der Waals surface area (Å²) in [6.07, 6.45) is 48.7. The van der Waals surface area contributed by atoms with Crippen LogP contribution < -0.4 is 5.32 Å². The Bertz CT molecular complexity index is 828. The Morgan fingerprint density at radius 3 is 1.38 bits per heavy atom.